The van der Waals surface area contributed by atoms with E-state index in [0.29, 0.717) is 19.8 Å². The van der Waals surface area contributed by atoms with Crippen molar-refractivity contribution in [1.29, 1.82) is 0 Å². The first-order valence-corrected chi connectivity index (χ1v) is 7.74. The molecule has 0 N–H and O–H groups in total. The topological polar surface area (TPSA) is 27.7 Å². The minimum absolute atomic E-state index is 0.645. The molecule has 4 heteroatoms. The van der Waals surface area contributed by atoms with Crippen molar-refractivity contribution in [1.82, 2.24) is 0 Å². The monoisotopic (exact) mass is 232 g/mol. The fourth-order valence-electron chi connectivity index (χ4n) is 1.36. The third kappa shape index (κ3) is 6.09. The van der Waals surface area contributed by atoms with Crippen molar-refractivity contribution in [3.63, 3.8) is 0 Å². The summed E-state index contributed by atoms with van der Waals surface area (Å²) in [5.74, 6) is 0. The van der Waals surface area contributed by atoms with Crippen molar-refractivity contribution in [3.8, 4) is 0 Å². The molecular formula is C11H24O3Si. The van der Waals surface area contributed by atoms with Gasteiger partial charge in [-0.3, -0.25) is 0 Å². The highest BCUT2D eigenvalue weighted by Crippen LogP contribution is 2.16. The second kappa shape index (κ2) is 9.09. The minimum atomic E-state index is -2.42. The Morgan fingerprint density at radius 2 is 1.27 bits per heavy atom. The van der Waals surface area contributed by atoms with Gasteiger partial charge in [-0.25, -0.2) is 0 Å². The number of allylic oxidation sites excluding steroid dienone is 2. The summed E-state index contributed by atoms with van der Waals surface area (Å²) >= 11 is 0. The lowest BCUT2D eigenvalue weighted by Gasteiger charge is -2.27. The van der Waals surface area contributed by atoms with Crippen molar-refractivity contribution in [2.24, 2.45) is 0 Å². The number of hydrogen-bond acceptors (Lipinski definition) is 3. The van der Waals surface area contributed by atoms with Crippen LogP contribution in [0.5, 0.6) is 0 Å². The van der Waals surface area contributed by atoms with Crippen LogP contribution in [0.25, 0.3) is 0 Å². The van der Waals surface area contributed by atoms with Gasteiger partial charge in [0.25, 0.3) is 0 Å². The molecule has 0 aliphatic heterocycles. The highest BCUT2D eigenvalue weighted by molar-refractivity contribution is 6.61. The van der Waals surface area contributed by atoms with Crippen molar-refractivity contribution < 1.29 is 13.3 Å². The van der Waals surface area contributed by atoms with Crippen LogP contribution in [0.4, 0.5) is 0 Å². The molecule has 0 spiro atoms. The van der Waals surface area contributed by atoms with Crippen LogP contribution in [0, 0.1) is 0 Å². The van der Waals surface area contributed by atoms with E-state index in [2.05, 4.69) is 19.1 Å². The van der Waals surface area contributed by atoms with Crippen molar-refractivity contribution in [2.45, 2.75) is 40.2 Å². The van der Waals surface area contributed by atoms with Gasteiger partial charge in [0.1, 0.15) is 0 Å². The van der Waals surface area contributed by atoms with Crippen LogP contribution < -0.4 is 0 Å². The molecule has 0 heterocycles. The van der Waals surface area contributed by atoms with Gasteiger partial charge in [-0.1, -0.05) is 19.1 Å². The van der Waals surface area contributed by atoms with E-state index < -0.39 is 8.80 Å². The average molecular weight is 232 g/mol. The molecular weight excluding hydrogens is 208 g/mol. The molecule has 0 aromatic heterocycles. The predicted molar refractivity (Wildman–Crippen MR) is 64.9 cm³/mol. The Balaban J connectivity index is 4.37. The second-order valence-electron chi connectivity index (χ2n) is 3.07. The van der Waals surface area contributed by atoms with Crippen LogP contribution in [-0.2, 0) is 13.3 Å². The van der Waals surface area contributed by atoms with Gasteiger partial charge in [-0.2, -0.15) is 0 Å². The van der Waals surface area contributed by atoms with E-state index in [-0.39, 0.29) is 0 Å². The van der Waals surface area contributed by atoms with E-state index in [4.69, 9.17) is 13.3 Å². The van der Waals surface area contributed by atoms with Gasteiger partial charge in [0.15, 0.2) is 0 Å². The first-order chi connectivity index (χ1) is 7.24. The van der Waals surface area contributed by atoms with Gasteiger partial charge < -0.3 is 13.3 Å². The largest absolute Gasteiger partial charge is 0.504 e. The summed E-state index contributed by atoms with van der Waals surface area (Å²) in [4.78, 5) is 0. The van der Waals surface area contributed by atoms with Gasteiger partial charge in [0, 0.05) is 25.9 Å². The second-order valence-corrected chi connectivity index (χ2v) is 5.71. The van der Waals surface area contributed by atoms with Gasteiger partial charge in [0.2, 0.25) is 0 Å². The number of rotatable bonds is 9. The number of hydrogen-bond donors (Lipinski definition) is 0. The molecule has 0 amide bonds. The summed E-state index contributed by atoms with van der Waals surface area (Å²) in [7, 11) is -2.42. The summed E-state index contributed by atoms with van der Waals surface area (Å²) in [6, 6.07) is 0.774. The third-order valence-electron chi connectivity index (χ3n) is 1.86. The van der Waals surface area contributed by atoms with Gasteiger partial charge in [-0.05, 0) is 27.2 Å². The molecule has 0 saturated carbocycles. The maximum Gasteiger partial charge on any atom is 0.504 e. The fourth-order valence-corrected chi connectivity index (χ4v) is 3.73. The lowest BCUT2D eigenvalue weighted by atomic mass is 10.4. The molecule has 0 aromatic carbocycles. The fraction of sp³-hybridized carbons (Fsp3) is 0.818. The Kier molecular flexibility index (Phi) is 8.99. The van der Waals surface area contributed by atoms with Crippen LogP contribution in [-0.4, -0.2) is 28.6 Å². The zero-order valence-electron chi connectivity index (χ0n) is 10.4. The lowest BCUT2D eigenvalue weighted by Crippen LogP contribution is -2.45. The molecule has 0 rings (SSSR count). The summed E-state index contributed by atoms with van der Waals surface area (Å²) in [6.45, 7) is 9.97. The average Bonchev–Trinajstić information content (AvgIpc) is 2.19. The summed E-state index contributed by atoms with van der Waals surface area (Å²) in [6.07, 6.45) is 5.26. The van der Waals surface area contributed by atoms with Crippen LogP contribution in [0.3, 0.4) is 0 Å². The van der Waals surface area contributed by atoms with E-state index in [1.54, 1.807) is 0 Å². The molecule has 0 bridgehead atoms. The molecule has 0 saturated heterocycles. The van der Waals surface area contributed by atoms with E-state index in [0.717, 1.165) is 12.5 Å². The summed E-state index contributed by atoms with van der Waals surface area (Å²) in [5.41, 5.74) is 0. The Morgan fingerprint density at radius 3 is 1.60 bits per heavy atom. The van der Waals surface area contributed by atoms with Gasteiger partial charge in [-0.15, -0.1) is 0 Å². The maximum absolute atomic E-state index is 5.70. The van der Waals surface area contributed by atoms with E-state index >= 15 is 0 Å². The first-order valence-electron chi connectivity index (χ1n) is 5.81. The van der Waals surface area contributed by atoms with Crippen LogP contribution in [0.15, 0.2) is 12.2 Å². The molecule has 0 atom stereocenters. The molecule has 3 nitrogen and oxygen atoms in total. The standard InChI is InChI=1S/C11H24O3Si/c1-5-9-10-11-15(12-6-2,13-7-3)14-8-4/h9-10H,5-8,11H2,1-4H3. The minimum Gasteiger partial charge on any atom is -0.374 e. The van der Waals surface area contributed by atoms with E-state index in [1.165, 1.54) is 0 Å². The highest BCUT2D eigenvalue weighted by Gasteiger charge is 2.38. The predicted octanol–water partition coefficient (Wildman–Crippen LogP) is 3.00. The Hall–Kier alpha value is -0.163. The molecule has 0 radical (unpaired) electrons. The van der Waals surface area contributed by atoms with Gasteiger partial charge in [0.05, 0.1) is 0 Å². The molecule has 90 valence electrons. The smallest absolute Gasteiger partial charge is 0.374 e. The summed E-state index contributed by atoms with van der Waals surface area (Å²) in [5, 5.41) is 0. The highest BCUT2D eigenvalue weighted by atomic mass is 28.4. The van der Waals surface area contributed by atoms with E-state index in [9.17, 15) is 0 Å². The van der Waals surface area contributed by atoms with Gasteiger partial charge >= 0.3 is 8.80 Å². The maximum atomic E-state index is 5.70. The Bertz CT molecular complexity index is 154. The summed E-state index contributed by atoms with van der Waals surface area (Å²) < 4.78 is 17.1. The van der Waals surface area contributed by atoms with Crippen LogP contribution in [0.1, 0.15) is 34.1 Å². The molecule has 0 aliphatic rings. The molecule has 0 fully saturated rings. The van der Waals surface area contributed by atoms with Crippen molar-refractivity contribution >= 4 is 8.80 Å². The molecule has 0 aliphatic carbocycles. The normalized spacial score (nSPS) is 12.5. The molecule has 0 unspecified atom stereocenters. The molecule has 15 heavy (non-hydrogen) atoms. The van der Waals surface area contributed by atoms with E-state index in [1.807, 2.05) is 20.8 Å². The van der Waals surface area contributed by atoms with Crippen LogP contribution >= 0.6 is 0 Å². The van der Waals surface area contributed by atoms with Crippen molar-refractivity contribution in [3.05, 3.63) is 12.2 Å². The Morgan fingerprint density at radius 1 is 0.800 bits per heavy atom. The zero-order chi connectivity index (χ0) is 11.6. The SMILES string of the molecule is CCC=CC[Si](OCC)(OCC)OCC. The van der Waals surface area contributed by atoms with Crippen molar-refractivity contribution in [2.75, 3.05) is 19.8 Å². The zero-order valence-corrected chi connectivity index (χ0v) is 11.4. The third-order valence-corrected chi connectivity index (χ3v) is 4.78. The Labute approximate surface area is 94.8 Å². The quantitative estimate of drug-likeness (QED) is 0.452. The lowest BCUT2D eigenvalue weighted by molar-refractivity contribution is 0.0742. The van der Waals surface area contributed by atoms with Crippen LogP contribution in [0.2, 0.25) is 6.04 Å². The molecule has 0 aromatic rings. The first kappa shape index (κ1) is 14.8.